The smallest absolute Gasteiger partial charge is 0.194 e. The number of allylic oxidation sites excluding steroid dienone is 4. The Kier molecular flexibility index (Phi) is 17.2. The van der Waals surface area contributed by atoms with Crippen LogP contribution in [0.2, 0.25) is 0 Å². The molecule has 1 aliphatic carbocycles. The van der Waals surface area contributed by atoms with E-state index in [1.807, 2.05) is 0 Å². The van der Waals surface area contributed by atoms with Gasteiger partial charge in [0.25, 0.3) is 0 Å². The van der Waals surface area contributed by atoms with E-state index in [1.165, 1.54) is 61.4 Å². The van der Waals surface area contributed by atoms with Gasteiger partial charge in [0.1, 0.15) is 40.6 Å². The van der Waals surface area contributed by atoms with Crippen LogP contribution in [0.15, 0.2) is 108 Å². The Morgan fingerprint density at radius 3 is 1.41 bits per heavy atom. The molecule has 2 atom stereocenters. The van der Waals surface area contributed by atoms with Gasteiger partial charge in [-0.25, -0.2) is 43.9 Å². The van der Waals surface area contributed by atoms with E-state index >= 15 is 0 Å². The van der Waals surface area contributed by atoms with Gasteiger partial charge >= 0.3 is 0 Å². The van der Waals surface area contributed by atoms with Crippen molar-refractivity contribution in [2.45, 2.75) is 96.3 Å². The van der Waals surface area contributed by atoms with Gasteiger partial charge in [-0.1, -0.05) is 95.4 Å². The summed E-state index contributed by atoms with van der Waals surface area (Å²) in [6, 6.07) is 17.7. The maximum atomic E-state index is 15.0. The maximum Gasteiger partial charge on any atom is 0.194 e. The summed E-state index contributed by atoms with van der Waals surface area (Å²) in [5, 5.41) is 0. The molecule has 0 N–H and O–H groups in total. The lowest BCUT2D eigenvalue weighted by Crippen LogP contribution is -2.05. The summed E-state index contributed by atoms with van der Waals surface area (Å²) in [7, 11) is 0. The summed E-state index contributed by atoms with van der Waals surface area (Å²) < 4.78 is 153. The Morgan fingerprint density at radius 1 is 0.469 bits per heavy atom. The van der Waals surface area contributed by atoms with Crippen molar-refractivity contribution in [3.8, 4) is 44.9 Å². The molecular weight excluding hydrogens is 847 g/mol. The highest BCUT2D eigenvalue weighted by Gasteiger charge is 2.26. The van der Waals surface area contributed by atoms with Crippen LogP contribution in [-0.2, 0) is 0 Å². The minimum absolute atomic E-state index is 0.00952. The summed E-state index contributed by atoms with van der Waals surface area (Å²) >= 11 is 0. The van der Waals surface area contributed by atoms with E-state index in [-0.39, 0.29) is 38.9 Å². The van der Waals surface area contributed by atoms with Gasteiger partial charge in [0.2, 0.25) is 0 Å². The molecule has 0 aromatic heterocycles. The van der Waals surface area contributed by atoms with Gasteiger partial charge in [-0.2, -0.15) is 0 Å². The van der Waals surface area contributed by atoms with E-state index < -0.39 is 70.5 Å². The Labute approximate surface area is 367 Å². The van der Waals surface area contributed by atoms with Crippen molar-refractivity contribution in [1.29, 1.82) is 0 Å². The molecule has 2 nitrogen and oxygen atoms in total. The lowest BCUT2D eigenvalue weighted by atomic mass is 9.89. The van der Waals surface area contributed by atoms with Crippen molar-refractivity contribution < 1.29 is 53.4 Å². The highest BCUT2D eigenvalue weighted by Crippen LogP contribution is 2.39. The molecule has 1 aliphatic rings. The van der Waals surface area contributed by atoms with E-state index in [4.69, 9.17) is 9.47 Å². The van der Waals surface area contributed by atoms with Crippen molar-refractivity contribution in [2.24, 2.45) is 5.92 Å². The highest BCUT2D eigenvalue weighted by atomic mass is 19.2. The van der Waals surface area contributed by atoms with E-state index in [0.717, 1.165) is 82.4 Å². The second-order valence-corrected chi connectivity index (χ2v) is 16.4. The fourth-order valence-corrected chi connectivity index (χ4v) is 7.96. The van der Waals surface area contributed by atoms with Crippen LogP contribution in [0.1, 0.15) is 102 Å². The molecule has 0 saturated carbocycles. The summed E-state index contributed by atoms with van der Waals surface area (Å²) in [6.07, 6.45) is 13.0. The summed E-state index contributed by atoms with van der Waals surface area (Å²) in [4.78, 5) is 0. The zero-order valence-corrected chi connectivity index (χ0v) is 35.5. The number of ether oxygens (including phenoxy) is 2. The van der Waals surface area contributed by atoms with Crippen LogP contribution in [-0.4, -0.2) is 13.2 Å². The molecule has 0 aliphatic heterocycles. The first-order valence-corrected chi connectivity index (χ1v) is 21.8. The molecule has 5 aromatic rings. The normalized spacial score (nSPS) is 14.5. The second kappa shape index (κ2) is 22.9. The number of hydrogen-bond acceptors (Lipinski definition) is 2. The van der Waals surface area contributed by atoms with E-state index in [2.05, 4.69) is 6.92 Å². The topological polar surface area (TPSA) is 18.5 Å². The van der Waals surface area contributed by atoms with Gasteiger partial charge in [-0.05, 0) is 95.6 Å². The average Bonchev–Trinajstić information content (AvgIpc) is 3.26. The molecule has 64 heavy (non-hydrogen) atoms. The van der Waals surface area contributed by atoms with Crippen LogP contribution in [0.25, 0.3) is 33.4 Å². The van der Waals surface area contributed by atoms with Crippen molar-refractivity contribution in [2.75, 3.05) is 13.2 Å². The van der Waals surface area contributed by atoms with E-state index in [0.29, 0.717) is 42.8 Å². The Hall–Kier alpha value is -5.52. The monoisotopic (exact) mass is 896 g/mol. The van der Waals surface area contributed by atoms with Crippen LogP contribution >= 0.6 is 0 Å². The Morgan fingerprint density at radius 2 is 0.906 bits per heavy atom. The van der Waals surface area contributed by atoms with Crippen LogP contribution in [0.5, 0.6) is 11.5 Å². The molecule has 6 rings (SSSR count). The number of halogens is 10. The minimum atomic E-state index is -1.64. The van der Waals surface area contributed by atoms with Gasteiger partial charge in [0.05, 0.1) is 13.2 Å². The number of hydrogen-bond donors (Lipinski definition) is 0. The van der Waals surface area contributed by atoms with Crippen LogP contribution in [0.3, 0.4) is 0 Å². The number of rotatable bonds is 22. The molecule has 0 radical (unpaired) electrons. The molecule has 0 spiro atoms. The first-order chi connectivity index (χ1) is 30.8. The van der Waals surface area contributed by atoms with Crippen LogP contribution in [0.4, 0.5) is 43.9 Å². The quantitative estimate of drug-likeness (QED) is 0.0391. The fourth-order valence-electron chi connectivity index (χ4n) is 7.96. The molecule has 0 heterocycles. The molecular formula is C52H50F10O2. The lowest BCUT2D eigenvalue weighted by Gasteiger charge is -2.18. The third-order valence-electron chi connectivity index (χ3n) is 11.6. The summed E-state index contributed by atoms with van der Waals surface area (Å²) in [6.45, 7) is 3.15. The number of benzene rings is 5. The zero-order valence-electron chi connectivity index (χ0n) is 35.5. The second-order valence-electron chi connectivity index (χ2n) is 16.4. The SMILES string of the molecule is CC(CCCCCCCOc1ccc(-c2ccc(-c3cc(F)c(F)c(F)c3)c(F)c2)c(F)c1)CCCCCCCOc1ccc(-c2ccc(C3C=C(F)C(F)=C(F)C3)c(F)c2)c(F)c1. The molecule has 340 valence electrons. The average molecular weight is 897 g/mol. The molecule has 0 fully saturated rings. The number of unbranched alkanes of at least 4 members (excludes halogenated alkanes) is 8. The minimum Gasteiger partial charge on any atom is -0.493 e. The Bertz CT molecular complexity index is 2420. The predicted octanol–water partition coefficient (Wildman–Crippen LogP) is 16.9. The molecule has 0 bridgehead atoms. The fraction of sp³-hybridized carbons (Fsp3) is 0.346. The third kappa shape index (κ3) is 12.8. The Balaban J connectivity index is 0.783. The van der Waals surface area contributed by atoms with Crippen molar-refractivity contribution in [3.05, 3.63) is 155 Å². The lowest BCUT2D eigenvalue weighted by molar-refractivity contribution is 0.302. The summed E-state index contributed by atoms with van der Waals surface area (Å²) in [5.74, 6) is -11.2. The predicted molar refractivity (Wildman–Crippen MR) is 230 cm³/mol. The van der Waals surface area contributed by atoms with Gasteiger partial charge in [0.15, 0.2) is 29.1 Å². The van der Waals surface area contributed by atoms with Gasteiger partial charge in [-0.15, -0.1) is 0 Å². The largest absolute Gasteiger partial charge is 0.493 e. The van der Waals surface area contributed by atoms with Crippen LogP contribution in [0, 0.1) is 46.6 Å². The maximum absolute atomic E-state index is 15.0. The van der Waals surface area contributed by atoms with Crippen molar-refractivity contribution >= 4 is 0 Å². The van der Waals surface area contributed by atoms with Gasteiger partial charge in [-0.3, -0.25) is 0 Å². The molecule has 5 aromatic carbocycles. The standard InChI is InChI=1S/C52H50F10O2/c1-32(12-8-4-2-6-10-22-63-37-16-20-39(45(55)30-37)33-14-18-41(43(53)24-33)35-26-47(57)51(61)48(58)27-35)13-9-5-3-7-11-23-64-38-17-21-40(46(56)31-38)34-15-19-42(44(54)25-34)36-28-49(59)52(62)50(60)29-36/h14-21,24-28,30-32,36H,2-13,22-23,29H2,1H3. The molecule has 0 amide bonds. The first kappa shape index (κ1) is 47.9. The molecule has 0 saturated heterocycles. The van der Waals surface area contributed by atoms with Crippen molar-refractivity contribution in [1.82, 2.24) is 0 Å². The highest BCUT2D eigenvalue weighted by molar-refractivity contribution is 5.72. The van der Waals surface area contributed by atoms with Gasteiger partial charge < -0.3 is 9.47 Å². The zero-order chi connectivity index (χ0) is 45.8. The third-order valence-corrected chi connectivity index (χ3v) is 11.6. The van der Waals surface area contributed by atoms with Gasteiger partial charge in [0, 0.05) is 41.2 Å². The molecule has 12 heteroatoms. The van der Waals surface area contributed by atoms with E-state index in [9.17, 15) is 43.9 Å². The van der Waals surface area contributed by atoms with Crippen LogP contribution < -0.4 is 9.47 Å². The van der Waals surface area contributed by atoms with Crippen molar-refractivity contribution in [3.63, 3.8) is 0 Å². The van der Waals surface area contributed by atoms with E-state index in [1.54, 1.807) is 12.1 Å². The first-order valence-electron chi connectivity index (χ1n) is 21.8. The summed E-state index contributed by atoms with van der Waals surface area (Å²) in [5.41, 5.74) is 0.423. The molecule has 2 unspecified atom stereocenters.